The van der Waals surface area contributed by atoms with E-state index in [2.05, 4.69) is 44.7 Å². The summed E-state index contributed by atoms with van der Waals surface area (Å²) in [5.74, 6) is 0.695. The molecule has 2 N–H and O–H groups in total. The van der Waals surface area contributed by atoms with Gasteiger partial charge in [-0.15, -0.1) is 5.10 Å². The molecule has 1 aromatic heterocycles. The van der Waals surface area contributed by atoms with Crippen molar-refractivity contribution in [2.24, 2.45) is 0 Å². The Morgan fingerprint density at radius 1 is 1.46 bits per heavy atom. The number of tetrazole rings is 1. The number of nitrogens with zero attached hydrogens (tertiary/aromatic N) is 4. The maximum absolute atomic E-state index is 3.98. The fourth-order valence-electron chi connectivity index (χ4n) is 1.58. The van der Waals surface area contributed by atoms with E-state index in [0.29, 0.717) is 18.0 Å². The van der Waals surface area contributed by atoms with Crippen LogP contribution in [0.5, 0.6) is 0 Å². The highest BCUT2D eigenvalue weighted by Gasteiger charge is 2.24. The van der Waals surface area contributed by atoms with Crippen LogP contribution in [-0.2, 0) is 0 Å². The van der Waals surface area contributed by atoms with Crippen LogP contribution in [0.25, 0.3) is 0 Å². The van der Waals surface area contributed by atoms with E-state index in [1.165, 1.54) is 0 Å². The lowest BCUT2D eigenvalue weighted by Crippen LogP contribution is -2.54. The van der Waals surface area contributed by atoms with Gasteiger partial charge in [0.25, 0.3) is 5.95 Å². The molecule has 13 heavy (non-hydrogen) atoms. The number of rotatable bonds is 1. The van der Waals surface area contributed by atoms with E-state index in [1.54, 1.807) is 0 Å². The Balaban J connectivity index is 2.12. The van der Waals surface area contributed by atoms with E-state index < -0.39 is 0 Å². The van der Waals surface area contributed by atoms with Crippen molar-refractivity contribution in [3.05, 3.63) is 0 Å². The SMILES string of the molecule is CC1CN(c2nn[nH]n2)C(C)CN1. The van der Waals surface area contributed by atoms with Gasteiger partial charge in [-0.25, -0.2) is 0 Å². The molecule has 1 aliphatic heterocycles. The molecule has 2 rings (SSSR count). The Bertz CT molecular complexity index is 258. The lowest BCUT2D eigenvalue weighted by Gasteiger charge is -2.36. The number of piperazine rings is 1. The van der Waals surface area contributed by atoms with Crippen molar-refractivity contribution in [1.82, 2.24) is 25.9 Å². The standard InChI is InChI=1S/C7H14N6/c1-5-4-13(6(2)3-8-5)7-9-11-12-10-7/h5-6,8H,3-4H2,1-2H3,(H,9,10,11,12). The second-order valence-corrected chi connectivity index (χ2v) is 3.52. The molecule has 1 aliphatic rings. The van der Waals surface area contributed by atoms with Crippen LogP contribution < -0.4 is 10.2 Å². The summed E-state index contributed by atoms with van der Waals surface area (Å²) in [4.78, 5) is 2.16. The topological polar surface area (TPSA) is 69.7 Å². The molecule has 2 unspecified atom stereocenters. The molecule has 1 fully saturated rings. The van der Waals surface area contributed by atoms with Gasteiger partial charge in [-0.05, 0) is 19.1 Å². The van der Waals surface area contributed by atoms with Crippen molar-refractivity contribution in [2.45, 2.75) is 25.9 Å². The van der Waals surface area contributed by atoms with E-state index in [1.807, 2.05) is 0 Å². The number of hydrogen-bond donors (Lipinski definition) is 2. The third kappa shape index (κ3) is 1.62. The number of H-pyrrole nitrogens is 1. The Morgan fingerprint density at radius 3 is 3.00 bits per heavy atom. The van der Waals surface area contributed by atoms with Gasteiger partial charge in [-0.2, -0.15) is 5.21 Å². The largest absolute Gasteiger partial charge is 0.333 e. The first kappa shape index (κ1) is 8.43. The average molecular weight is 182 g/mol. The average Bonchev–Trinajstić information content (AvgIpc) is 2.61. The summed E-state index contributed by atoms with van der Waals surface area (Å²) < 4.78 is 0. The molecule has 0 bridgehead atoms. The van der Waals surface area contributed by atoms with Gasteiger partial charge in [0.1, 0.15) is 0 Å². The van der Waals surface area contributed by atoms with Gasteiger partial charge >= 0.3 is 0 Å². The molecule has 1 aromatic rings. The molecule has 0 amide bonds. The van der Waals surface area contributed by atoms with Crippen molar-refractivity contribution in [3.8, 4) is 0 Å². The minimum atomic E-state index is 0.425. The van der Waals surface area contributed by atoms with E-state index in [9.17, 15) is 0 Å². The highest BCUT2D eigenvalue weighted by Crippen LogP contribution is 2.12. The molecule has 0 aromatic carbocycles. The number of nitrogens with one attached hydrogen (secondary N) is 2. The summed E-state index contributed by atoms with van der Waals surface area (Å²) >= 11 is 0. The zero-order valence-electron chi connectivity index (χ0n) is 7.86. The third-order valence-electron chi connectivity index (χ3n) is 2.36. The normalized spacial score (nSPS) is 29.2. The summed E-state index contributed by atoms with van der Waals surface area (Å²) in [6.45, 7) is 6.20. The fraction of sp³-hybridized carbons (Fsp3) is 0.857. The molecule has 6 heteroatoms. The zero-order valence-corrected chi connectivity index (χ0v) is 7.86. The first-order valence-electron chi connectivity index (χ1n) is 4.51. The van der Waals surface area contributed by atoms with Gasteiger partial charge in [0.05, 0.1) is 0 Å². The van der Waals surface area contributed by atoms with Crippen molar-refractivity contribution >= 4 is 5.95 Å². The van der Waals surface area contributed by atoms with Crippen LogP contribution in [0.15, 0.2) is 0 Å². The van der Waals surface area contributed by atoms with Gasteiger partial charge in [-0.1, -0.05) is 5.10 Å². The van der Waals surface area contributed by atoms with Gasteiger partial charge in [0.15, 0.2) is 0 Å². The summed E-state index contributed by atoms with van der Waals surface area (Å²) in [5, 5.41) is 17.4. The Labute approximate surface area is 76.7 Å². The smallest absolute Gasteiger partial charge is 0.266 e. The Kier molecular flexibility index (Phi) is 2.13. The van der Waals surface area contributed by atoms with E-state index in [-0.39, 0.29) is 0 Å². The monoisotopic (exact) mass is 182 g/mol. The van der Waals surface area contributed by atoms with Crippen molar-refractivity contribution < 1.29 is 0 Å². The second-order valence-electron chi connectivity index (χ2n) is 3.52. The van der Waals surface area contributed by atoms with E-state index >= 15 is 0 Å². The van der Waals surface area contributed by atoms with Gasteiger partial charge in [-0.3, -0.25) is 0 Å². The predicted octanol–water partition coefficient (Wildman–Crippen LogP) is -0.614. The first-order chi connectivity index (χ1) is 6.27. The number of aromatic nitrogens is 4. The third-order valence-corrected chi connectivity index (χ3v) is 2.36. The van der Waals surface area contributed by atoms with Gasteiger partial charge in [0, 0.05) is 25.2 Å². The minimum absolute atomic E-state index is 0.425. The second kappa shape index (κ2) is 3.29. The van der Waals surface area contributed by atoms with Crippen molar-refractivity contribution in [3.63, 3.8) is 0 Å². The summed E-state index contributed by atoms with van der Waals surface area (Å²) in [6, 6.07) is 0.906. The van der Waals surface area contributed by atoms with Crippen LogP contribution in [0.4, 0.5) is 5.95 Å². The summed E-state index contributed by atoms with van der Waals surface area (Å²) in [7, 11) is 0. The number of hydrogen-bond acceptors (Lipinski definition) is 5. The minimum Gasteiger partial charge on any atom is -0.333 e. The highest BCUT2D eigenvalue weighted by molar-refractivity contribution is 5.29. The predicted molar refractivity (Wildman–Crippen MR) is 48.5 cm³/mol. The van der Waals surface area contributed by atoms with E-state index in [0.717, 1.165) is 13.1 Å². The van der Waals surface area contributed by atoms with Crippen LogP contribution >= 0.6 is 0 Å². The molecule has 0 saturated carbocycles. The molecule has 0 aliphatic carbocycles. The lowest BCUT2D eigenvalue weighted by molar-refractivity contribution is 0.420. The fourth-order valence-corrected chi connectivity index (χ4v) is 1.58. The quantitative estimate of drug-likeness (QED) is 0.606. The Morgan fingerprint density at radius 2 is 2.31 bits per heavy atom. The molecule has 2 heterocycles. The first-order valence-corrected chi connectivity index (χ1v) is 4.51. The molecule has 1 saturated heterocycles. The molecular weight excluding hydrogens is 168 g/mol. The summed E-state index contributed by atoms with van der Waals surface area (Å²) in [6.07, 6.45) is 0. The molecular formula is C7H14N6. The van der Waals surface area contributed by atoms with Crippen LogP contribution in [0, 0.1) is 0 Å². The maximum Gasteiger partial charge on any atom is 0.266 e. The Hall–Kier alpha value is -1.17. The molecule has 72 valence electrons. The highest BCUT2D eigenvalue weighted by atomic mass is 15.5. The molecule has 0 spiro atoms. The zero-order chi connectivity index (χ0) is 9.26. The van der Waals surface area contributed by atoms with Crippen LogP contribution in [0.2, 0.25) is 0 Å². The van der Waals surface area contributed by atoms with Crippen LogP contribution in [0.3, 0.4) is 0 Å². The van der Waals surface area contributed by atoms with Gasteiger partial charge < -0.3 is 10.2 Å². The van der Waals surface area contributed by atoms with Crippen LogP contribution in [0.1, 0.15) is 13.8 Å². The maximum atomic E-state index is 3.98. The summed E-state index contributed by atoms with van der Waals surface area (Å²) in [5.41, 5.74) is 0. The number of aromatic amines is 1. The van der Waals surface area contributed by atoms with Crippen LogP contribution in [-0.4, -0.2) is 45.8 Å². The van der Waals surface area contributed by atoms with Crippen molar-refractivity contribution in [2.75, 3.05) is 18.0 Å². The lowest BCUT2D eigenvalue weighted by atomic mass is 10.1. The molecule has 6 nitrogen and oxygen atoms in total. The molecule has 2 atom stereocenters. The number of anilines is 1. The van der Waals surface area contributed by atoms with Gasteiger partial charge in [0.2, 0.25) is 0 Å². The van der Waals surface area contributed by atoms with Crippen molar-refractivity contribution in [1.29, 1.82) is 0 Å². The molecule has 0 radical (unpaired) electrons. The van der Waals surface area contributed by atoms with E-state index in [4.69, 9.17) is 0 Å².